The zero-order valence-electron chi connectivity index (χ0n) is 10.9. The van der Waals surface area contributed by atoms with Crippen LogP contribution in [0.15, 0.2) is 36.5 Å². The predicted octanol–water partition coefficient (Wildman–Crippen LogP) is 1.64. The van der Waals surface area contributed by atoms with Crippen molar-refractivity contribution in [2.24, 2.45) is 0 Å². The van der Waals surface area contributed by atoms with Crippen molar-refractivity contribution in [3.63, 3.8) is 0 Å². The minimum absolute atomic E-state index is 0.238. The van der Waals surface area contributed by atoms with Gasteiger partial charge in [-0.05, 0) is 36.1 Å². The Bertz CT molecular complexity index is 647. The number of pyridine rings is 1. The highest BCUT2D eigenvalue weighted by Crippen LogP contribution is 2.26. The summed E-state index contributed by atoms with van der Waals surface area (Å²) < 4.78 is 40.4. The van der Waals surface area contributed by atoms with Crippen LogP contribution in [-0.2, 0) is 0 Å². The number of hydrogen-bond donors (Lipinski definition) is 2. The second-order valence-corrected chi connectivity index (χ2v) is 4.38. The first-order valence-corrected chi connectivity index (χ1v) is 5.95. The second-order valence-electron chi connectivity index (χ2n) is 4.38. The summed E-state index contributed by atoms with van der Waals surface area (Å²) in [5, 5.41) is 18.5. The molecule has 0 bridgehead atoms. The largest absolute Gasteiger partial charge is 0.573 e. The van der Waals surface area contributed by atoms with Crippen LogP contribution in [0.4, 0.5) is 13.2 Å². The minimum Gasteiger partial charge on any atom is -0.423 e. The Balaban J connectivity index is 2.38. The Labute approximate surface area is 119 Å². The van der Waals surface area contributed by atoms with Crippen LogP contribution >= 0.6 is 0 Å². The summed E-state index contributed by atoms with van der Waals surface area (Å²) in [4.78, 5) is 4.07. The van der Waals surface area contributed by atoms with Gasteiger partial charge in [0, 0.05) is 11.8 Å². The lowest BCUT2D eigenvalue weighted by atomic mass is 9.77. The van der Waals surface area contributed by atoms with E-state index in [9.17, 15) is 23.2 Å². The quantitative estimate of drug-likeness (QED) is 0.845. The molecule has 0 saturated carbocycles. The predicted molar refractivity (Wildman–Crippen MR) is 70.9 cm³/mol. The number of rotatable bonds is 3. The van der Waals surface area contributed by atoms with Gasteiger partial charge in [0.1, 0.15) is 5.75 Å². The summed E-state index contributed by atoms with van der Waals surface area (Å²) in [6.07, 6.45) is -3.35. The average molecular weight is 297 g/mol. The molecule has 1 aromatic heterocycles. The van der Waals surface area contributed by atoms with Crippen molar-refractivity contribution in [3.05, 3.63) is 42.1 Å². The number of aromatic nitrogens is 1. The van der Waals surface area contributed by atoms with Crippen LogP contribution in [-0.4, -0.2) is 28.5 Å². The lowest BCUT2D eigenvalue weighted by molar-refractivity contribution is -0.274. The smallest absolute Gasteiger partial charge is 0.423 e. The molecule has 0 unspecified atom stereocenters. The molecule has 21 heavy (non-hydrogen) atoms. The van der Waals surface area contributed by atoms with Gasteiger partial charge in [-0.15, -0.1) is 13.2 Å². The van der Waals surface area contributed by atoms with Gasteiger partial charge in [0.2, 0.25) is 0 Å². The third kappa shape index (κ3) is 3.96. The fourth-order valence-corrected chi connectivity index (χ4v) is 1.83. The highest BCUT2D eigenvalue weighted by atomic mass is 19.4. The van der Waals surface area contributed by atoms with E-state index in [2.05, 4.69) is 9.72 Å². The lowest BCUT2D eigenvalue weighted by Gasteiger charge is -2.11. The molecule has 1 aromatic carbocycles. The molecule has 8 heteroatoms. The highest BCUT2D eigenvalue weighted by Gasteiger charge is 2.31. The Hall–Kier alpha value is -2.06. The SMILES string of the molecule is Cc1cnc(-c2cccc(OC(F)(F)F)c2)cc1B(O)O. The first-order chi connectivity index (χ1) is 9.76. The van der Waals surface area contributed by atoms with Crippen LogP contribution in [0.5, 0.6) is 5.75 Å². The number of ether oxygens (including phenoxy) is 1. The number of alkyl halides is 3. The van der Waals surface area contributed by atoms with Crippen molar-refractivity contribution in [2.45, 2.75) is 13.3 Å². The van der Waals surface area contributed by atoms with E-state index in [4.69, 9.17) is 0 Å². The number of halogens is 3. The molecule has 0 spiro atoms. The van der Waals surface area contributed by atoms with Gasteiger partial charge in [-0.3, -0.25) is 4.98 Å². The van der Waals surface area contributed by atoms with E-state index in [1.807, 2.05) is 0 Å². The fourth-order valence-electron chi connectivity index (χ4n) is 1.83. The van der Waals surface area contributed by atoms with Crippen LogP contribution < -0.4 is 10.2 Å². The number of aryl methyl sites for hydroxylation is 1. The van der Waals surface area contributed by atoms with Crippen LogP contribution in [0.1, 0.15) is 5.56 Å². The molecule has 0 aliphatic heterocycles. The van der Waals surface area contributed by atoms with Crippen molar-refractivity contribution >= 4 is 12.6 Å². The molecule has 0 radical (unpaired) electrons. The highest BCUT2D eigenvalue weighted by molar-refractivity contribution is 6.59. The third-order valence-electron chi connectivity index (χ3n) is 2.79. The van der Waals surface area contributed by atoms with E-state index >= 15 is 0 Å². The zero-order valence-corrected chi connectivity index (χ0v) is 10.9. The molecule has 0 aliphatic rings. The molecule has 0 atom stereocenters. The minimum atomic E-state index is -4.77. The maximum atomic E-state index is 12.2. The van der Waals surface area contributed by atoms with Crippen molar-refractivity contribution in [3.8, 4) is 17.0 Å². The molecule has 2 aromatic rings. The van der Waals surface area contributed by atoms with Gasteiger partial charge in [0.15, 0.2) is 0 Å². The molecule has 4 nitrogen and oxygen atoms in total. The normalized spacial score (nSPS) is 11.3. The first kappa shape index (κ1) is 15.3. The summed E-state index contributed by atoms with van der Waals surface area (Å²) in [5.74, 6) is -0.367. The maximum Gasteiger partial charge on any atom is 0.573 e. The van der Waals surface area contributed by atoms with Gasteiger partial charge in [-0.1, -0.05) is 12.1 Å². The van der Waals surface area contributed by atoms with Crippen LogP contribution in [0.2, 0.25) is 0 Å². The van der Waals surface area contributed by atoms with Gasteiger partial charge in [0.05, 0.1) is 5.69 Å². The van der Waals surface area contributed by atoms with Crippen molar-refractivity contribution in [1.82, 2.24) is 4.98 Å². The lowest BCUT2D eigenvalue weighted by Crippen LogP contribution is -2.32. The van der Waals surface area contributed by atoms with E-state index < -0.39 is 13.5 Å². The van der Waals surface area contributed by atoms with Gasteiger partial charge in [-0.2, -0.15) is 0 Å². The van der Waals surface area contributed by atoms with Gasteiger partial charge in [-0.25, -0.2) is 0 Å². The van der Waals surface area contributed by atoms with E-state index in [-0.39, 0.29) is 11.2 Å². The van der Waals surface area contributed by atoms with Gasteiger partial charge < -0.3 is 14.8 Å². The number of nitrogens with zero attached hydrogens (tertiary/aromatic N) is 1. The maximum absolute atomic E-state index is 12.2. The molecular formula is C13H11BF3NO3. The summed E-state index contributed by atoms with van der Waals surface area (Å²) in [6.45, 7) is 1.65. The first-order valence-electron chi connectivity index (χ1n) is 5.95. The summed E-state index contributed by atoms with van der Waals surface area (Å²) in [6, 6.07) is 6.71. The van der Waals surface area contributed by atoms with E-state index in [0.29, 0.717) is 16.8 Å². The summed E-state index contributed by atoms with van der Waals surface area (Å²) in [5.41, 5.74) is 1.49. The van der Waals surface area contributed by atoms with Crippen molar-refractivity contribution < 1.29 is 28.0 Å². The van der Waals surface area contributed by atoms with Crippen LogP contribution in [0.25, 0.3) is 11.3 Å². The fraction of sp³-hybridized carbons (Fsp3) is 0.154. The number of hydrogen-bond acceptors (Lipinski definition) is 4. The monoisotopic (exact) mass is 297 g/mol. The van der Waals surface area contributed by atoms with Crippen LogP contribution in [0.3, 0.4) is 0 Å². The molecule has 2 N–H and O–H groups in total. The molecule has 1 heterocycles. The molecule has 110 valence electrons. The summed E-state index contributed by atoms with van der Waals surface area (Å²) in [7, 11) is -1.68. The van der Waals surface area contributed by atoms with Gasteiger partial charge in [0.25, 0.3) is 0 Å². The van der Waals surface area contributed by atoms with Crippen LogP contribution in [0, 0.1) is 6.92 Å². The Morgan fingerprint density at radius 2 is 1.90 bits per heavy atom. The molecule has 0 fully saturated rings. The van der Waals surface area contributed by atoms with Crippen molar-refractivity contribution in [1.29, 1.82) is 0 Å². The second kappa shape index (κ2) is 5.75. The van der Waals surface area contributed by atoms with E-state index in [0.717, 1.165) is 0 Å². The standard InChI is InChI=1S/C13H11BF3NO3/c1-8-7-18-12(6-11(8)14(19)20)9-3-2-4-10(5-9)21-13(15,16)17/h2-7,19-20H,1H3. The van der Waals surface area contributed by atoms with Crippen molar-refractivity contribution in [2.75, 3.05) is 0 Å². The third-order valence-corrected chi connectivity index (χ3v) is 2.79. The van der Waals surface area contributed by atoms with Gasteiger partial charge >= 0.3 is 13.5 Å². The molecule has 0 saturated heterocycles. The molecular weight excluding hydrogens is 286 g/mol. The zero-order chi connectivity index (χ0) is 15.6. The average Bonchev–Trinajstić information content (AvgIpc) is 2.37. The molecule has 2 rings (SSSR count). The van der Waals surface area contributed by atoms with E-state index in [1.165, 1.54) is 30.5 Å². The topological polar surface area (TPSA) is 62.6 Å². The molecule has 0 aliphatic carbocycles. The Morgan fingerprint density at radius 1 is 1.19 bits per heavy atom. The Morgan fingerprint density at radius 3 is 2.52 bits per heavy atom. The molecule has 0 amide bonds. The van der Waals surface area contributed by atoms with E-state index in [1.54, 1.807) is 13.0 Å². The Kier molecular flexibility index (Phi) is 4.20. The summed E-state index contributed by atoms with van der Waals surface area (Å²) >= 11 is 0. The number of benzene rings is 1.